The van der Waals surface area contributed by atoms with Gasteiger partial charge in [-0.2, -0.15) is 17.6 Å². The van der Waals surface area contributed by atoms with Crippen molar-refractivity contribution in [1.29, 1.82) is 10.5 Å². The molecule has 34 heavy (non-hydrogen) atoms. The fourth-order valence-electron chi connectivity index (χ4n) is 4.36. The number of fused-ring (bicyclic) bond motifs is 6. The average molecular weight is 456 g/mol. The van der Waals surface area contributed by atoms with Crippen molar-refractivity contribution in [2.45, 2.75) is 12.8 Å². The lowest BCUT2D eigenvalue weighted by Crippen LogP contribution is -2.26. The van der Waals surface area contributed by atoms with Crippen molar-refractivity contribution >= 4 is 11.4 Å². The minimum atomic E-state index is -1.52. The Bertz CT molecular complexity index is 1630. The molecule has 0 fully saturated rings. The zero-order chi connectivity index (χ0) is 24.3. The Labute approximate surface area is 187 Å². The van der Waals surface area contributed by atoms with E-state index in [0.29, 0.717) is 0 Å². The van der Waals surface area contributed by atoms with Crippen molar-refractivity contribution in [2.24, 2.45) is 0 Å². The molecule has 0 amide bonds. The molecule has 0 saturated carbocycles. The van der Waals surface area contributed by atoms with E-state index in [1.807, 2.05) is 0 Å². The smallest absolute Gasteiger partial charge is 0.226 e. The molecule has 3 aromatic rings. The molecule has 0 spiro atoms. The molecule has 0 radical (unpaired) electrons. The highest BCUT2D eigenvalue weighted by Crippen LogP contribution is 2.38. The molecule has 0 bridgehead atoms. The minimum absolute atomic E-state index is 0.0212. The molecule has 0 saturated heterocycles. The van der Waals surface area contributed by atoms with E-state index >= 15 is 0 Å². The highest BCUT2D eigenvalue weighted by Gasteiger charge is 2.35. The van der Waals surface area contributed by atoms with E-state index in [4.69, 9.17) is 13.1 Å². The van der Waals surface area contributed by atoms with Crippen LogP contribution >= 0.6 is 0 Å². The van der Waals surface area contributed by atoms with Gasteiger partial charge in [0.15, 0.2) is 0 Å². The lowest BCUT2D eigenvalue weighted by molar-refractivity contribution is 0.450. The SMILES string of the molecule is [C-]#[N+]/C(C#N)=c1/c2c(/c(=C(\C#N)[N+]#[C-])c3c1-c1nc(F)c(F)nc1C3)-c1nc(F)c(F)nc1C2. The van der Waals surface area contributed by atoms with Gasteiger partial charge < -0.3 is 0 Å². The maximum Gasteiger partial charge on any atom is 0.269 e. The normalized spacial score (nSPS) is 13.9. The predicted molar refractivity (Wildman–Crippen MR) is 104 cm³/mol. The molecule has 12 heteroatoms. The monoisotopic (exact) mass is 456 g/mol. The van der Waals surface area contributed by atoms with E-state index in [0.717, 1.165) is 0 Å². The van der Waals surface area contributed by atoms with Crippen LogP contribution in [0, 0.1) is 59.6 Å². The lowest BCUT2D eigenvalue weighted by Gasteiger charge is -2.12. The number of nitrogens with zero attached hydrogens (tertiary/aromatic N) is 8. The fraction of sp³-hybridized carbons (Fsp3) is 0.0909. The first-order valence-corrected chi connectivity index (χ1v) is 9.30. The molecule has 1 aromatic carbocycles. The second-order valence-electron chi connectivity index (χ2n) is 7.16. The summed E-state index contributed by atoms with van der Waals surface area (Å²) in [5.41, 5.74) is -1.03. The van der Waals surface area contributed by atoms with Gasteiger partial charge >= 0.3 is 0 Å². The number of halogens is 4. The Balaban J connectivity index is 2.12. The van der Waals surface area contributed by atoms with E-state index in [1.54, 1.807) is 12.1 Å². The molecule has 0 atom stereocenters. The van der Waals surface area contributed by atoms with Crippen LogP contribution in [-0.2, 0) is 12.8 Å². The highest BCUT2D eigenvalue weighted by molar-refractivity contribution is 5.90. The van der Waals surface area contributed by atoms with Crippen LogP contribution in [0.3, 0.4) is 0 Å². The zero-order valence-electron chi connectivity index (χ0n) is 16.5. The third-order valence-corrected chi connectivity index (χ3v) is 5.55. The summed E-state index contributed by atoms with van der Waals surface area (Å²) in [4.78, 5) is 20.8. The van der Waals surface area contributed by atoms with Crippen molar-refractivity contribution < 1.29 is 17.6 Å². The molecular weight excluding hydrogens is 452 g/mol. The zero-order valence-corrected chi connectivity index (χ0v) is 16.5. The molecular formula is C22H4F4N8. The molecule has 2 aromatic heterocycles. The number of nitriles is 2. The van der Waals surface area contributed by atoms with Crippen LogP contribution in [0.1, 0.15) is 22.5 Å². The van der Waals surface area contributed by atoms with Crippen LogP contribution in [0.2, 0.25) is 0 Å². The van der Waals surface area contributed by atoms with Gasteiger partial charge in [-0.05, 0) is 11.1 Å². The summed E-state index contributed by atoms with van der Waals surface area (Å²) in [6, 6.07) is 3.47. The van der Waals surface area contributed by atoms with Gasteiger partial charge in [-0.15, -0.1) is 0 Å². The fourth-order valence-corrected chi connectivity index (χ4v) is 4.36. The molecule has 2 heterocycles. The first-order chi connectivity index (χ1) is 16.3. The summed E-state index contributed by atoms with van der Waals surface area (Å²) >= 11 is 0. The van der Waals surface area contributed by atoms with Crippen LogP contribution in [0.25, 0.3) is 43.6 Å². The number of aromatic nitrogens is 4. The third-order valence-electron chi connectivity index (χ3n) is 5.55. The van der Waals surface area contributed by atoms with Crippen molar-refractivity contribution in [3.05, 3.63) is 79.6 Å². The molecule has 160 valence electrons. The molecule has 2 aliphatic carbocycles. The molecule has 0 unspecified atom stereocenters. The predicted octanol–water partition coefficient (Wildman–Crippen LogP) is 2.07. The van der Waals surface area contributed by atoms with Crippen LogP contribution in [0.15, 0.2) is 0 Å². The van der Waals surface area contributed by atoms with Crippen LogP contribution in [0.5, 0.6) is 0 Å². The van der Waals surface area contributed by atoms with Crippen molar-refractivity contribution in [3.63, 3.8) is 0 Å². The largest absolute Gasteiger partial charge is 0.269 e. The standard InChI is InChI=1S/C22H4F4N8/c1-29-11(5-27)13-7-3-9-18(34-22(26)20(24)31-9)16(7)14(12(6-28)30-2)8-4-10-17(15(8)13)33-21(25)19(23)32-10/h3-4H2/b13-11-,14-12+. The summed E-state index contributed by atoms with van der Waals surface area (Å²) in [7, 11) is 0. The molecule has 5 rings (SSSR count). The number of hydrogen-bond donors (Lipinski definition) is 0. The quantitative estimate of drug-likeness (QED) is 0.261. The maximum atomic E-state index is 14.0. The van der Waals surface area contributed by atoms with E-state index < -0.39 is 35.2 Å². The average Bonchev–Trinajstić information content (AvgIpc) is 3.35. The van der Waals surface area contributed by atoms with Crippen molar-refractivity contribution in [2.75, 3.05) is 0 Å². The molecule has 0 aliphatic heterocycles. The summed E-state index contributed by atoms with van der Waals surface area (Å²) in [6.45, 7) is 14.9. The van der Waals surface area contributed by atoms with Gasteiger partial charge in [-0.3, -0.25) is 0 Å². The Hall–Kier alpha value is -5.20. The maximum absolute atomic E-state index is 14.0. The van der Waals surface area contributed by atoms with Gasteiger partial charge in [0, 0.05) is 34.4 Å². The minimum Gasteiger partial charge on any atom is -0.226 e. The Kier molecular flexibility index (Phi) is 4.36. The number of rotatable bonds is 0. The van der Waals surface area contributed by atoms with Gasteiger partial charge in [-0.25, -0.2) is 40.1 Å². The van der Waals surface area contributed by atoms with Crippen molar-refractivity contribution in [3.8, 4) is 34.7 Å². The molecule has 0 N–H and O–H groups in total. The number of hydrogen-bond acceptors (Lipinski definition) is 6. The van der Waals surface area contributed by atoms with Gasteiger partial charge in [0.25, 0.3) is 35.2 Å². The van der Waals surface area contributed by atoms with Crippen LogP contribution in [-0.4, -0.2) is 19.9 Å². The van der Waals surface area contributed by atoms with Crippen molar-refractivity contribution in [1.82, 2.24) is 19.9 Å². The van der Waals surface area contributed by atoms with E-state index in [2.05, 4.69) is 29.6 Å². The summed E-state index contributed by atoms with van der Waals surface area (Å²) in [5.74, 6) is -5.99. The topological polar surface area (TPSA) is 108 Å². The van der Waals surface area contributed by atoms with Crippen LogP contribution in [0.4, 0.5) is 17.6 Å². The second kappa shape index (κ2) is 7.16. The summed E-state index contributed by atoms with van der Waals surface area (Å²) in [6.07, 6.45) is -0.456. The third kappa shape index (κ3) is 2.60. The van der Waals surface area contributed by atoms with Gasteiger partial charge in [-0.1, -0.05) is 0 Å². The first-order valence-electron chi connectivity index (χ1n) is 9.30. The van der Waals surface area contributed by atoms with E-state index in [9.17, 15) is 28.1 Å². The molecule has 2 aliphatic rings. The van der Waals surface area contributed by atoms with Crippen LogP contribution < -0.4 is 10.4 Å². The Morgan fingerprint density at radius 3 is 1.35 bits per heavy atom. The lowest BCUT2D eigenvalue weighted by atomic mass is 9.92. The van der Waals surface area contributed by atoms with Gasteiger partial charge in [0.05, 0.1) is 48.1 Å². The Morgan fingerprint density at radius 1 is 0.676 bits per heavy atom. The summed E-state index contributed by atoms with van der Waals surface area (Å²) in [5, 5.41) is 19.2. The second-order valence-corrected chi connectivity index (χ2v) is 7.16. The van der Waals surface area contributed by atoms with E-state index in [1.165, 1.54) is 0 Å². The van der Waals surface area contributed by atoms with E-state index in [-0.39, 0.29) is 68.3 Å². The Morgan fingerprint density at radius 2 is 1.03 bits per heavy atom. The van der Waals surface area contributed by atoms with Gasteiger partial charge in [0.2, 0.25) is 0 Å². The molecule has 8 nitrogen and oxygen atoms in total. The van der Waals surface area contributed by atoms with Gasteiger partial charge in [0.1, 0.15) is 0 Å². The first kappa shape index (κ1) is 20.7. The summed E-state index contributed by atoms with van der Waals surface area (Å²) < 4.78 is 55.8. The number of benzene rings is 1. The highest BCUT2D eigenvalue weighted by atomic mass is 19.2.